The van der Waals surface area contributed by atoms with Crippen LogP contribution in [0.5, 0.6) is 0 Å². The van der Waals surface area contributed by atoms with Crippen molar-refractivity contribution >= 4 is 17.4 Å². The van der Waals surface area contributed by atoms with Crippen LogP contribution in [-0.2, 0) is 11.3 Å². The molecule has 1 aromatic rings. The Morgan fingerprint density at radius 1 is 1.39 bits per heavy atom. The number of aromatic nitrogens is 1. The van der Waals surface area contributed by atoms with Crippen LogP contribution in [0.3, 0.4) is 0 Å². The van der Waals surface area contributed by atoms with E-state index in [9.17, 15) is 4.79 Å². The molecule has 1 aromatic heterocycles. The molecule has 6 heteroatoms. The van der Waals surface area contributed by atoms with Gasteiger partial charge in [0.1, 0.15) is 5.60 Å². The Kier molecular flexibility index (Phi) is 6.03. The maximum atomic E-state index is 12.1. The number of amides is 1. The van der Waals surface area contributed by atoms with Gasteiger partial charge in [0.05, 0.1) is 11.2 Å². The zero-order valence-corrected chi connectivity index (χ0v) is 15.7. The van der Waals surface area contributed by atoms with E-state index < -0.39 is 5.60 Å². The molecule has 0 bridgehead atoms. The lowest BCUT2D eigenvalue weighted by Gasteiger charge is -2.35. The number of rotatable bonds is 4. The summed E-state index contributed by atoms with van der Waals surface area (Å²) in [6.45, 7) is 8.66. The summed E-state index contributed by atoms with van der Waals surface area (Å²) < 4.78 is 5.45. The second-order valence-electron chi connectivity index (χ2n) is 7.34. The van der Waals surface area contributed by atoms with Crippen molar-refractivity contribution in [2.24, 2.45) is 0 Å². The standard InChI is InChI=1S/C17H29N3O2S/c1-12-15(23-11-19-12)10-18-13-6-8-14(9-7-13)20(5)16(21)22-17(2,3)4/h11,13-14,18H,6-10H2,1-5H3. The van der Waals surface area contributed by atoms with Crippen molar-refractivity contribution < 1.29 is 9.53 Å². The monoisotopic (exact) mass is 339 g/mol. The van der Waals surface area contributed by atoms with E-state index >= 15 is 0 Å². The van der Waals surface area contributed by atoms with E-state index in [4.69, 9.17) is 4.74 Å². The number of aryl methyl sites for hydroxylation is 1. The van der Waals surface area contributed by atoms with Gasteiger partial charge >= 0.3 is 6.09 Å². The largest absolute Gasteiger partial charge is 0.444 e. The Bertz CT molecular complexity index is 516. The summed E-state index contributed by atoms with van der Waals surface area (Å²) in [6.07, 6.45) is 4.02. The van der Waals surface area contributed by atoms with Crippen LogP contribution in [0.4, 0.5) is 4.79 Å². The number of carbonyl (C=O) groups is 1. The molecule has 1 heterocycles. The lowest BCUT2D eigenvalue weighted by molar-refractivity contribution is 0.0179. The molecule has 1 N–H and O–H groups in total. The first-order valence-electron chi connectivity index (χ1n) is 8.34. The molecule has 5 nitrogen and oxygen atoms in total. The van der Waals surface area contributed by atoms with Gasteiger partial charge in [-0.2, -0.15) is 0 Å². The molecule has 1 saturated carbocycles. The van der Waals surface area contributed by atoms with Crippen molar-refractivity contribution in [3.05, 3.63) is 16.1 Å². The van der Waals surface area contributed by atoms with Gasteiger partial charge in [0.25, 0.3) is 0 Å². The number of hydrogen-bond donors (Lipinski definition) is 1. The predicted molar refractivity (Wildman–Crippen MR) is 93.7 cm³/mol. The van der Waals surface area contributed by atoms with Crippen molar-refractivity contribution in [3.8, 4) is 0 Å². The number of thiazole rings is 1. The van der Waals surface area contributed by atoms with Gasteiger partial charge in [0.2, 0.25) is 0 Å². The zero-order chi connectivity index (χ0) is 17.0. The molecule has 1 fully saturated rings. The smallest absolute Gasteiger partial charge is 0.410 e. The molecule has 0 unspecified atom stereocenters. The minimum atomic E-state index is -0.434. The lowest BCUT2D eigenvalue weighted by Crippen LogP contribution is -2.44. The van der Waals surface area contributed by atoms with Gasteiger partial charge in [0, 0.05) is 30.6 Å². The Morgan fingerprint density at radius 2 is 2.04 bits per heavy atom. The van der Waals surface area contributed by atoms with E-state index in [-0.39, 0.29) is 12.1 Å². The van der Waals surface area contributed by atoms with Crippen LogP contribution in [0.1, 0.15) is 57.0 Å². The quantitative estimate of drug-likeness (QED) is 0.908. The molecule has 130 valence electrons. The molecule has 1 aliphatic rings. The summed E-state index contributed by atoms with van der Waals surface area (Å²) >= 11 is 1.71. The Balaban J connectivity index is 1.75. The van der Waals surface area contributed by atoms with E-state index in [1.165, 1.54) is 4.88 Å². The molecule has 0 aromatic carbocycles. The van der Waals surface area contributed by atoms with Crippen LogP contribution in [0.15, 0.2) is 5.51 Å². The van der Waals surface area contributed by atoms with Crippen molar-refractivity contribution in [3.63, 3.8) is 0 Å². The number of nitrogens with zero attached hydrogens (tertiary/aromatic N) is 2. The Morgan fingerprint density at radius 3 is 2.57 bits per heavy atom. The highest BCUT2D eigenvalue weighted by Gasteiger charge is 2.29. The van der Waals surface area contributed by atoms with E-state index in [0.717, 1.165) is 37.9 Å². The molecule has 0 aliphatic heterocycles. The fourth-order valence-electron chi connectivity index (χ4n) is 2.88. The van der Waals surface area contributed by atoms with Gasteiger partial charge in [0.15, 0.2) is 0 Å². The number of hydrogen-bond acceptors (Lipinski definition) is 5. The van der Waals surface area contributed by atoms with Gasteiger partial charge < -0.3 is 15.0 Å². The molecule has 1 aliphatic carbocycles. The molecule has 23 heavy (non-hydrogen) atoms. The summed E-state index contributed by atoms with van der Waals surface area (Å²) in [5, 5.41) is 3.63. The van der Waals surface area contributed by atoms with Crippen molar-refractivity contribution in [1.29, 1.82) is 0 Å². The SMILES string of the molecule is Cc1ncsc1CNC1CCC(N(C)C(=O)OC(C)(C)C)CC1. The maximum absolute atomic E-state index is 12.1. The average molecular weight is 340 g/mol. The van der Waals surface area contributed by atoms with Gasteiger partial charge in [-0.3, -0.25) is 0 Å². The topological polar surface area (TPSA) is 54.5 Å². The molecular formula is C17H29N3O2S. The molecule has 1 amide bonds. The van der Waals surface area contributed by atoms with Crippen LogP contribution >= 0.6 is 11.3 Å². The summed E-state index contributed by atoms with van der Waals surface area (Å²) in [5.74, 6) is 0. The highest BCUT2D eigenvalue weighted by atomic mass is 32.1. The lowest BCUT2D eigenvalue weighted by atomic mass is 9.90. The van der Waals surface area contributed by atoms with E-state index in [0.29, 0.717) is 6.04 Å². The minimum absolute atomic E-state index is 0.214. The highest BCUT2D eigenvalue weighted by molar-refractivity contribution is 7.09. The summed E-state index contributed by atoms with van der Waals surface area (Å²) in [4.78, 5) is 19.5. The molecule has 0 atom stereocenters. The van der Waals surface area contributed by atoms with Crippen LogP contribution in [0.25, 0.3) is 0 Å². The van der Waals surface area contributed by atoms with Crippen LogP contribution in [0.2, 0.25) is 0 Å². The third kappa shape index (κ3) is 5.46. The molecule has 0 radical (unpaired) electrons. The zero-order valence-electron chi connectivity index (χ0n) is 14.9. The number of carbonyl (C=O) groups excluding carboxylic acids is 1. The van der Waals surface area contributed by atoms with Gasteiger partial charge in [-0.25, -0.2) is 9.78 Å². The fraction of sp³-hybridized carbons (Fsp3) is 0.765. The average Bonchev–Trinajstić information content (AvgIpc) is 2.88. The van der Waals surface area contributed by atoms with Gasteiger partial charge in [-0.1, -0.05) is 0 Å². The summed E-state index contributed by atoms with van der Waals surface area (Å²) in [7, 11) is 1.85. The van der Waals surface area contributed by atoms with E-state index in [1.54, 1.807) is 16.2 Å². The summed E-state index contributed by atoms with van der Waals surface area (Å²) in [5.41, 5.74) is 2.59. The molecule has 2 rings (SSSR count). The van der Waals surface area contributed by atoms with Crippen molar-refractivity contribution in [2.45, 2.75) is 77.6 Å². The maximum Gasteiger partial charge on any atom is 0.410 e. The number of ether oxygens (including phenoxy) is 1. The minimum Gasteiger partial charge on any atom is -0.444 e. The van der Waals surface area contributed by atoms with E-state index in [1.807, 2.05) is 33.3 Å². The predicted octanol–water partition coefficient (Wildman–Crippen LogP) is 3.72. The van der Waals surface area contributed by atoms with Crippen molar-refractivity contribution in [1.82, 2.24) is 15.2 Å². The first-order valence-corrected chi connectivity index (χ1v) is 9.22. The number of nitrogens with one attached hydrogen (secondary N) is 1. The third-order valence-corrected chi connectivity index (χ3v) is 5.26. The van der Waals surface area contributed by atoms with Gasteiger partial charge in [-0.05, 0) is 53.4 Å². The summed E-state index contributed by atoms with van der Waals surface area (Å²) in [6, 6.07) is 0.813. The fourth-order valence-corrected chi connectivity index (χ4v) is 3.61. The Hall–Kier alpha value is -1.14. The van der Waals surface area contributed by atoms with Crippen LogP contribution in [0, 0.1) is 6.92 Å². The second kappa shape index (κ2) is 7.62. The molecular weight excluding hydrogens is 310 g/mol. The second-order valence-corrected chi connectivity index (χ2v) is 8.28. The van der Waals surface area contributed by atoms with Crippen LogP contribution < -0.4 is 5.32 Å². The van der Waals surface area contributed by atoms with Gasteiger partial charge in [-0.15, -0.1) is 11.3 Å². The van der Waals surface area contributed by atoms with Crippen LogP contribution in [-0.4, -0.2) is 40.7 Å². The molecule has 0 saturated heterocycles. The first kappa shape index (κ1) is 18.2. The van der Waals surface area contributed by atoms with E-state index in [2.05, 4.69) is 17.2 Å². The normalized spacial score (nSPS) is 22.0. The molecule has 0 spiro atoms. The Labute approximate surface area is 143 Å². The highest BCUT2D eigenvalue weighted by Crippen LogP contribution is 2.24. The third-order valence-electron chi connectivity index (χ3n) is 4.32. The first-order chi connectivity index (χ1) is 10.8. The van der Waals surface area contributed by atoms with Crippen molar-refractivity contribution in [2.75, 3.05) is 7.05 Å².